The van der Waals surface area contributed by atoms with E-state index >= 15 is 0 Å². The first-order valence-corrected chi connectivity index (χ1v) is 12.2. The molecule has 180 valence electrons. The van der Waals surface area contributed by atoms with Gasteiger partial charge in [-0.05, 0) is 66.2 Å². The number of rotatable bonds is 9. The van der Waals surface area contributed by atoms with Gasteiger partial charge in [-0.3, -0.25) is 14.3 Å². The number of hydrogen-bond acceptors (Lipinski definition) is 7. The average molecular weight is 498 g/mol. The van der Waals surface area contributed by atoms with Crippen molar-refractivity contribution in [2.45, 2.75) is 17.5 Å². The number of carbonyl (C=O) groups excluding carboxylic acids is 1. The van der Waals surface area contributed by atoms with Gasteiger partial charge in [0.2, 0.25) is 0 Å². The summed E-state index contributed by atoms with van der Waals surface area (Å²) in [5, 5.41) is 12.6. The lowest BCUT2D eigenvalue weighted by Gasteiger charge is -2.11. The maximum absolute atomic E-state index is 12.4. The highest BCUT2D eigenvalue weighted by molar-refractivity contribution is 7.98. The van der Waals surface area contributed by atoms with Crippen LogP contribution in [0.2, 0.25) is 0 Å². The third-order valence-corrected chi connectivity index (χ3v) is 6.49. The van der Waals surface area contributed by atoms with Crippen LogP contribution < -0.4 is 10.1 Å². The number of pyridine rings is 1. The summed E-state index contributed by atoms with van der Waals surface area (Å²) < 4.78 is 12.6. The molecule has 0 fully saturated rings. The fourth-order valence-corrected chi connectivity index (χ4v) is 4.51. The van der Waals surface area contributed by atoms with E-state index in [1.54, 1.807) is 43.6 Å². The summed E-state index contributed by atoms with van der Waals surface area (Å²) in [6, 6.07) is 22.8. The fourth-order valence-electron chi connectivity index (χ4n) is 3.60. The molecule has 0 aliphatic carbocycles. The molecule has 36 heavy (non-hydrogen) atoms. The van der Waals surface area contributed by atoms with Crippen LogP contribution in [0.25, 0.3) is 17.1 Å². The zero-order chi connectivity index (χ0) is 24.7. The molecule has 0 bridgehead atoms. The van der Waals surface area contributed by atoms with Crippen LogP contribution in [0.4, 0.5) is 0 Å². The topological polar surface area (TPSA) is 95.1 Å². The van der Waals surface area contributed by atoms with E-state index in [-0.39, 0.29) is 5.91 Å². The van der Waals surface area contributed by atoms with E-state index in [1.165, 1.54) is 0 Å². The van der Waals surface area contributed by atoms with Gasteiger partial charge in [0.25, 0.3) is 5.91 Å². The third-order valence-electron chi connectivity index (χ3n) is 5.49. The van der Waals surface area contributed by atoms with Crippen molar-refractivity contribution >= 4 is 17.7 Å². The molecular formula is C27H23N5O3S. The SMILES string of the molecule is COc1ccc(-n2c(SCc3ccc(C(=O)NCc4ccco4)cc3)nnc2-c2ccncc2)cc1. The van der Waals surface area contributed by atoms with Gasteiger partial charge in [0.15, 0.2) is 11.0 Å². The van der Waals surface area contributed by atoms with Crippen molar-refractivity contribution in [2.24, 2.45) is 0 Å². The molecule has 0 saturated carbocycles. The first-order chi connectivity index (χ1) is 17.7. The Morgan fingerprint density at radius 1 is 1.00 bits per heavy atom. The van der Waals surface area contributed by atoms with Crippen molar-refractivity contribution in [2.75, 3.05) is 7.11 Å². The summed E-state index contributed by atoms with van der Waals surface area (Å²) in [6.07, 6.45) is 5.06. The number of thioether (sulfide) groups is 1. The predicted molar refractivity (Wildman–Crippen MR) is 137 cm³/mol. The number of nitrogens with zero attached hydrogens (tertiary/aromatic N) is 4. The normalized spacial score (nSPS) is 10.8. The molecule has 5 aromatic rings. The Morgan fingerprint density at radius 3 is 2.47 bits per heavy atom. The summed E-state index contributed by atoms with van der Waals surface area (Å²) in [6.45, 7) is 0.351. The lowest BCUT2D eigenvalue weighted by atomic mass is 10.1. The standard InChI is InChI=1S/C27H23N5O3S/c1-34-23-10-8-22(9-11-23)32-25(20-12-14-28-15-13-20)30-31-27(32)36-18-19-4-6-21(7-5-19)26(33)29-17-24-3-2-16-35-24/h2-16H,17-18H2,1H3,(H,29,33). The van der Waals surface area contributed by atoms with E-state index in [0.29, 0.717) is 23.6 Å². The molecule has 9 heteroatoms. The minimum absolute atomic E-state index is 0.146. The molecule has 0 saturated heterocycles. The molecule has 0 spiro atoms. The van der Waals surface area contributed by atoms with E-state index in [0.717, 1.165) is 33.5 Å². The largest absolute Gasteiger partial charge is 0.497 e. The van der Waals surface area contributed by atoms with Crippen LogP contribution in [0.1, 0.15) is 21.7 Å². The van der Waals surface area contributed by atoms with E-state index in [2.05, 4.69) is 20.5 Å². The molecule has 3 heterocycles. The Morgan fingerprint density at radius 2 is 1.78 bits per heavy atom. The van der Waals surface area contributed by atoms with Gasteiger partial charge in [0, 0.05) is 35.0 Å². The quantitative estimate of drug-likeness (QED) is 0.281. The van der Waals surface area contributed by atoms with Crippen molar-refractivity contribution < 1.29 is 13.9 Å². The summed E-state index contributed by atoms with van der Waals surface area (Å²) in [5.41, 5.74) is 3.51. The Balaban J connectivity index is 1.32. The lowest BCUT2D eigenvalue weighted by molar-refractivity contribution is 0.0948. The molecule has 2 aromatic carbocycles. The second kappa shape index (κ2) is 10.9. The first kappa shape index (κ1) is 23.4. The van der Waals surface area contributed by atoms with Crippen molar-refractivity contribution in [3.05, 3.63) is 108 Å². The Bertz CT molecular complexity index is 1420. The van der Waals surface area contributed by atoms with Gasteiger partial charge >= 0.3 is 0 Å². The minimum atomic E-state index is -0.146. The maximum atomic E-state index is 12.4. The third kappa shape index (κ3) is 5.31. The molecular weight excluding hydrogens is 474 g/mol. The Labute approximate surface area is 212 Å². The molecule has 0 radical (unpaired) electrons. The number of furan rings is 1. The van der Waals surface area contributed by atoms with Gasteiger partial charge in [-0.25, -0.2) is 0 Å². The van der Waals surface area contributed by atoms with Crippen LogP contribution in [0.5, 0.6) is 5.75 Å². The van der Waals surface area contributed by atoms with Gasteiger partial charge in [0.1, 0.15) is 11.5 Å². The summed E-state index contributed by atoms with van der Waals surface area (Å²) in [7, 11) is 1.64. The molecule has 5 rings (SSSR count). The fraction of sp³-hybridized carbons (Fsp3) is 0.111. The predicted octanol–water partition coefficient (Wildman–Crippen LogP) is 5.15. The summed E-state index contributed by atoms with van der Waals surface area (Å²) in [5.74, 6) is 2.74. The van der Waals surface area contributed by atoms with Crippen molar-refractivity contribution in [1.29, 1.82) is 0 Å². The second-order valence-corrected chi connectivity index (χ2v) is 8.77. The smallest absolute Gasteiger partial charge is 0.251 e. The molecule has 0 unspecified atom stereocenters. The molecule has 0 aliphatic rings. The molecule has 1 N–H and O–H groups in total. The summed E-state index contributed by atoms with van der Waals surface area (Å²) in [4.78, 5) is 16.5. The highest BCUT2D eigenvalue weighted by Crippen LogP contribution is 2.30. The van der Waals surface area contributed by atoms with Crippen LogP contribution in [0.15, 0.2) is 101 Å². The van der Waals surface area contributed by atoms with Crippen LogP contribution in [0, 0.1) is 0 Å². The molecule has 8 nitrogen and oxygen atoms in total. The second-order valence-electron chi connectivity index (χ2n) is 7.82. The molecule has 0 atom stereocenters. The van der Waals surface area contributed by atoms with Gasteiger partial charge in [-0.2, -0.15) is 0 Å². The monoisotopic (exact) mass is 497 g/mol. The zero-order valence-corrected chi connectivity index (χ0v) is 20.3. The van der Waals surface area contributed by atoms with Gasteiger partial charge in [-0.1, -0.05) is 23.9 Å². The molecule has 1 amide bonds. The minimum Gasteiger partial charge on any atom is -0.497 e. The van der Waals surface area contributed by atoms with Crippen LogP contribution in [0.3, 0.4) is 0 Å². The molecule has 3 aromatic heterocycles. The highest BCUT2D eigenvalue weighted by atomic mass is 32.2. The van der Waals surface area contributed by atoms with E-state index in [1.807, 2.05) is 71.3 Å². The number of methoxy groups -OCH3 is 1. The van der Waals surface area contributed by atoms with Gasteiger partial charge in [0.05, 0.1) is 19.9 Å². The van der Waals surface area contributed by atoms with E-state index in [4.69, 9.17) is 9.15 Å². The number of hydrogen-bond donors (Lipinski definition) is 1. The molecule has 0 aliphatic heterocycles. The van der Waals surface area contributed by atoms with Gasteiger partial charge < -0.3 is 14.5 Å². The van der Waals surface area contributed by atoms with E-state index < -0.39 is 0 Å². The lowest BCUT2D eigenvalue weighted by Crippen LogP contribution is -2.22. The number of ether oxygens (including phenoxy) is 1. The first-order valence-electron chi connectivity index (χ1n) is 11.2. The van der Waals surface area contributed by atoms with Crippen LogP contribution in [-0.2, 0) is 12.3 Å². The van der Waals surface area contributed by atoms with Crippen molar-refractivity contribution in [1.82, 2.24) is 25.1 Å². The van der Waals surface area contributed by atoms with Crippen molar-refractivity contribution in [3.63, 3.8) is 0 Å². The average Bonchev–Trinajstić information content (AvgIpc) is 3.62. The number of nitrogens with one attached hydrogen (secondary N) is 1. The number of carbonyl (C=O) groups is 1. The highest BCUT2D eigenvalue weighted by Gasteiger charge is 2.17. The van der Waals surface area contributed by atoms with Crippen molar-refractivity contribution in [3.8, 4) is 22.8 Å². The van der Waals surface area contributed by atoms with Crippen LogP contribution in [-0.4, -0.2) is 32.8 Å². The summed E-state index contributed by atoms with van der Waals surface area (Å²) >= 11 is 1.57. The van der Waals surface area contributed by atoms with Crippen LogP contribution >= 0.6 is 11.8 Å². The zero-order valence-electron chi connectivity index (χ0n) is 19.5. The van der Waals surface area contributed by atoms with E-state index in [9.17, 15) is 4.79 Å². The maximum Gasteiger partial charge on any atom is 0.251 e. The number of benzene rings is 2. The number of amides is 1. The van der Waals surface area contributed by atoms with Gasteiger partial charge in [-0.15, -0.1) is 10.2 Å². The Kier molecular flexibility index (Phi) is 7.09. The number of aromatic nitrogens is 4. The Hall–Kier alpha value is -4.37.